The molecule has 4 heteroatoms. The standard InChI is InChI=1S/C7H8ClNO2/c1-4(10)7-6(8)2-5(11)3-9-7/h2-4,10-11H,1H3. The Kier molecular flexibility index (Phi) is 2.31. The van der Waals surface area contributed by atoms with Gasteiger partial charge in [-0.05, 0) is 6.92 Å². The summed E-state index contributed by atoms with van der Waals surface area (Å²) in [5.41, 5.74) is 0.379. The van der Waals surface area contributed by atoms with E-state index in [0.717, 1.165) is 0 Å². The van der Waals surface area contributed by atoms with Gasteiger partial charge in [0.2, 0.25) is 0 Å². The lowest BCUT2D eigenvalue weighted by molar-refractivity contribution is 0.194. The van der Waals surface area contributed by atoms with Crippen molar-refractivity contribution in [2.24, 2.45) is 0 Å². The Labute approximate surface area is 69.3 Å². The monoisotopic (exact) mass is 173 g/mol. The van der Waals surface area contributed by atoms with Crippen LogP contribution in [-0.2, 0) is 0 Å². The maximum atomic E-state index is 9.07. The minimum atomic E-state index is -0.705. The van der Waals surface area contributed by atoms with E-state index in [0.29, 0.717) is 5.69 Å². The molecule has 1 aromatic heterocycles. The van der Waals surface area contributed by atoms with E-state index >= 15 is 0 Å². The fourth-order valence-corrected chi connectivity index (χ4v) is 1.06. The minimum absolute atomic E-state index is 0.000556. The van der Waals surface area contributed by atoms with Crippen LogP contribution in [0.5, 0.6) is 5.75 Å². The van der Waals surface area contributed by atoms with Crippen molar-refractivity contribution in [2.45, 2.75) is 13.0 Å². The second-order valence-electron chi connectivity index (χ2n) is 2.24. The zero-order valence-corrected chi connectivity index (χ0v) is 6.71. The number of aliphatic hydroxyl groups is 1. The fraction of sp³-hybridized carbons (Fsp3) is 0.286. The number of rotatable bonds is 1. The van der Waals surface area contributed by atoms with E-state index in [1.807, 2.05) is 0 Å². The molecule has 0 aliphatic heterocycles. The largest absolute Gasteiger partial charge is 0.506 e. The number of nitrogens with zero attached hydrogens (tertiary/aromatic N) is 1. The average molecular weight is 174 g/mol. The molecule has 1 unspecified atom stereocenters. The van der Waals surface area contributed by atoms with Gasteiger partial charge in [-0.1, -0.05) is 11.6 Å². The Morgan fingerprint density at radius 2 is 2.27 bits per heavy atom. The first-order valence-corrected chi connectivity index (χ1v) is 3.51. The van der Waals surface area contributed by atoms with Gasteiger partial charge in [0.25, 0.3) is 0 Å². The Morgan fingerprint density at radius 1 is 1.64 bits per heavy atom. The van der Waals surface area contributed by atoms with Crippen molar-refractivity contribution in [3.05, 3.63) is 23.0 Å². The van der Waals surface area contributed by atoms with Crippen molar-refractivity contribution >= 4 is 11.6 Å². The Balaban J connectivity index is 3.09. The molecule has 0 saturated carbocycles. The number of aliphatic hydroxyl groups excluding tert-OH is 1. The molecule has 0 aromatic carbocycles. The first-order valence-electron chi connectivity index (χ1n) is 3.13. The molecule has 0 amide bonds. The maximum absolute atomic E-state index is 9.07. The zero-order chi connectivity index (χ0) is 8.43. The summed E-state index contributed by atoms with van der Waals surface area (Å²) in [5.74, 6) is -0.000556. The van der Waals surface area contributed by atoms with Gasteiger partial charge in [-0.2, -0.15) is 0 Å². The third-order valence-corrected chi connectivity index (χ3v) is 1.55. The van der Waals surface area contributed by atoms with Crippen molar-refractivity contribution in [3.63, 3.8) is 0 Å². The van der Waals surface area contributed by atoms with Crippen LogP contribution in [0, 0.1) is 0 Å². The van der Waals surface area contributed by atoms with E-state index < -0.39 is 6.10 Å². The second-order valence-corrected chi connectivity index (χ2v) is 2.64. The van der Waals surface area contributed by atoms with E-state index in [1.54, 1.807) is 6.92 Å². The lowest BCUT2D eigenvalue weighted by Gasteiger charge is -2.04. The van der Waals surface area contributed by atoms with Gasteiger partial charge in [-0.25, -0.2) is 0 Å². The van der Waals surface area contributed by atoms with Gasteiger partial charge in [0.05, 0.1) is 23.0 Å². The fourth-order valence-electron chi connectivity index (χ4n) is 0.746. The molecule has 0 saturated heterocycles. The first-order chi connectivity index (χ1) is 5.11. The molecule has 0 fully saturated rings. The Morgan fingerprint density at radius 3 is 2.73 bits per heavy atom. The van der Waals surface area contributed by atoms with E-state index in [9.17, 15) is 0 Å². The third-order valence-electron chi connectivity index (χ3n) is 1.25. The molecule has 1 rings (SSSR count). The molecule has 1 heterocycles. The van der Waals surface area contributed by atoms with Crippen LogP contribution in [0.25, 0.3) is 0 Å². The summed E-state index contributed by atoms with van der Waals surface area (Å²) in [7, 11) is 0. The van der Waals surface area contributed by atoms with Crippen LogP contribution in [0.3, 0.4) is 0 Å². The maximum Gasteiger partial charge on any atom is 0.135 e. The van der Waals surface area contributed by atoms with E-state index in [1.165, 1.54) is 12.3 Å². The highest BCUT2D eigenvalue weighted by atomic mass is 35.5. The molecule has 0 radical (unpaired) electrons. The molecule has 0 aliphatic carbocycles. The quantitative estimate of drug-likeness (QED) is 0.677. The summed E-state index contributed by atoms with van der Waals surface area (Å²) < 4.78 is 0. The molecule has 60 valence electrons. The van der Waals surface area contributed by atoms with Crippen LogP contribution in [0.15, 0.2) is 12.3 Å². The van der Waals surface area contributed by atoms with Crippen LogP contribution in [0.4, 0.5) is 0 Å². The van der Waals surface area contributed by atoms with Crippen molar-refractivity contribution in [1.82, 2.24) is 4.98 Å². The van der Waals surface area contributed by atoms with Gasteiger partial charge in [0, 0.05) is 6.07 Å². The SMILES string of the molecule is CC(O)c1ncc(O)cc1Cl. The van der Waals surface area contributed by atoms with Gasteiger partial charge in [0.1, 0.15) is 5.75 Å². The molecular weight excluding hydrogens is 166 g/mol. The predicted octanol–water partition coefficient (Wildman–Crippen LogP) is 1.49. The summed E-state index contributed by atoms with van der Waals surface area (Å²) in [5, 5.41) is 18.2. The smallest absolute Gasteiger partial charge is 0.135 e. The summed E-state index contributed by atoms with van der Waals surface area (Å²) in [6.07, 6.45) is 0.539. The van der Waals surface area contributed by atoms with Gasteiger partial charge in [-0.15, -0.1) is 0 Å². The third kappa shape index (κ3) is 1.82. The van der Waals surface area contributed by atoms with E-state index in [-0.39, 0.29) is 10.8 Å². The van der Waals surface area contributed by atoms with Gasteiger partial charge < -0.3 is 10.2 Å². The zero-order valence-electron chi connectivity index (χ0n) is 5.95. The first kappa shape index (κ1) is 8.30. The minimum Gasteiger partial charge on any atom is -0.506 e. The molecule has 1 atom stereocenters. The Bertz CT molecular complexity index is 263. The Hall–Kier alpha value is -0.800. The molecular formula is C7H8ClNO2. The summed E-state index contributed by atoms with van der Waals surface area (Å²) in [4.78, 5) is 3.75. The number of hydrogen-bond donors (Lipinski definition) is 2. The van der Waals surface area contributed by atoms with E-state index in [4.69, 9.17) is 21.8 Å². The highest BCUT2D eigenvalue weighted by Crippen LogP contribution is 2.23. The normalized spacial score (nSPS) is 13.0. The predicted molar refractivity (Wildman–Crippen MR) is 41.5 cm³/mol. The average Bonchev–Trinajstić information content (AvgIpc) is 1.85. The molecule has 1 aromatic rings. The number of aromatic nitrogens is 1. The lowest BCUT2D eigenvalue weighted by Crippen LogP contribution is -1.95. The molecule has 0 bridgehead atoms. The number of pyridine rings is 1. The second kappa shape index (κ2) is 3.07. The molecule has 11 heavy (non-hydrogen) atoms. The summed E-state index contributed by atoms with van der Waals surface area (Å²) >= 11 is 5.64. The number of aromatic hydroxyl groups is 1. The summed E-state index contributed by atoms with van der Waals surface area (Å²) in [6, 6.07) is 1.34. The van der Waals surface area contributed by atoms with Crippen molar-refractivity contribution in [3.8, 4) is 5.75 Å². The summed E-state index contributed by atoms with van der Waals surface area (Å²) in [6.45, 7) is 1.56. The van der Waals surface area contributed by atoms with Crippen molar-refractivity contribution < 1.29 is 10.2 Å². The lowest BCUT2D eigenvalue weighted by atomic mass is 10.2. The van der Waals surface area contributed by atoms with Gasteiger partial charge in [-0.3, -0.25) is 4.98 Å². The van der Waals surface area contributed by atoms with E-state index in [2.05, 4.69) is 4.98 Å². The number of halogens is 1. The van der Waals surface area contributed by atoms with Gasteiger partial charge in [0.15, 0.2) is 0 Å². The molecule has 0 aliphatic rings. The topological polar surface area (TPSA) is 53.4 Å². The van der Waals surface area contributed by atoms with Crippen LogP contribution in [0.1, 0.15) is 18.7 Å². The van der Waals surface area contributed by atoms with Crippen LogP contribution < -0.4 is 0 Å². The van der Waals surface area contributed by atoms with Crippen molar-refractivity contribution in [1.29, 1.82) is 0 Å². The number of hydrogen-bond acceptors (Lipinski definition) is 3. The van der Waals surface area contributed by atoms with Crippen LogP contribution >= 0.6 is 11.6 Å². The van der Waals surface area contributed by atoms with Crippen LogP contribution in [0.2, 0.25) is 5.02 Å². The molecule has 2 N–H and O–H groups in total. The van der Waals surface area contributed by atoms with Crippen molar-refractivity contribution in [2.75, 3.05) is 0 Å². The van der Waals surface area contributed by atoms with Gasteiger partial charge >= 0.3 is 0 Å². The molecule has 0 spiro atoms. The van der Waals surface area contributed by atoms with Crippen LogP contribution in [-0.4, -0.2) is 15.2 Å². The molecule has 3 nitrogen and oxygen atoms in total. The highest BCUT2D eigenvalue weighted by Gasteiger charge is 2.07. The highest BCUT2D eigenvalue weighted by molar-refractivity contribution is 6.31.